The fourth-order valence-corrected chi connectivity index (χ4v) is 2.79. The molecule has 21 heavy (non-hydrogen) atoms. The predicted octanol–water partition coefficient (Wildman–Crippen LogP) is 3.84. The molecule has 2 aromatic rings. The SMILES string of the molecule is O=C1CCC(c2ccccc2)N1C(=O)c1ccc(Cl)cc1. The molecule has 0 aliphatic carbocycles. The zero-order valence-corrected chi connectivity index (χ0v) is 12.1. The summed E-state index contributed by atoms with van der Waals surface area (Å²) in [4.78, 5) is 26.1. The molecular weight excluding hydrogens is 286 g/mol. The first-order valence-corrected chi connectivity index (χ1v) is 7.21. The first kappa shape index (κ1) is 13.8. The molecule has 2 amide bonds. The van der Waals surface area contributed by atoms with Crippen LogP contribution in [-0.2, 0) is 4.79 Å². The van der Waals surface area contributed by atoms with Gasteiger partial charge in [0.05, 0.1) is 6.04 Å². The molecule has 1 atom stereocenters. The zero-order chi connectivity index (χ0) is 14.8. The van der Waals surface area contributed by atoms with Crippen molar-refractivity contribution in [3.8, 4) is 0 Å². The van der Waals surface area contributed by atoms with Gasteiger partial charge in [-0.3, -0.25) is 14.5 Å². The molecule has 1 heterocycles. The van der Waals surface area contributed by atoms with Gasteiger partial charge in [0, 0.05) is 17.0 Å². The Bertz CT molecular complexity index is 667. The highest BCUT2D eigenvalue weighted by molar-refractivity contribution is 6.30. The minimum absolute atomic E-state index is 0.121. The van der Waals surface area contributed by atoms with Crippen LogP contribution in [-0.4, -0.2) is 16.7 Å². The molecule has 1 aliphatic heterocycles. The van der Waals surface area contributed by atoms with E-state index in [2.05, 4.69) is 0 Å². The maximum atomic E-state index is 12.6. The number of hydrogen-bond donors (Lipinski definition) is 0. The Labute approximate surface area is 128 Å². The lowest BCUT2D eigenvalue weighted by Crippen LogP contribution is -2.34. The standard InChI is InChI=1S/C17H14ClNO2/c18-14-8-6-13(7-9-14)17(21)19-15(10-11-16(19)20)12-4-2-1-3-5-12/h1-9,15H,10-11H2. The summed E-state index contributed by atoms with van der Waals surface area (Å²) in [5.41, 5.74) is 1.47. The number of nitrogens with zero attached hydrogens (tertiary/aromatic N) is 1. The highest BCUT2D eigenvalue weighted by atomic mass is 35.5. The summed E-state index contributed by atoms with van der Waals surface area (Å²) in [6.45, 7) is 0. The van der Waals surface area contributed by atoms with Gasteiger partial charge >= 0.3 is 0 Å². The van der Waals surface area contributed by atoms with Crippen LogP contribution in [0, 0.1) is 0 Å². The topological polar surface area (TPSA) is 37.4 Å². The summed E-state index contributed by atoms with van der Waals surface area (Å²) < 4.78 is 0. The van der Waals surface area contributed by atoms with Crippen LogP contribution >= 0.6 is 11.6 Å². The molecule has 1 unspecified atom stereocenters. The molecule has 0 spiro atoms. The van der Waals surface area contributed by atoms with Crippen molar-refractivity contribution in [2.75, 3.05) is 0 Å². The fourth-order valence-electron chi connectivity index (χ4n) is 2.66. The van der Waals surface area contributed by atoms with E-state index in [4.69, 9.17) is 11.6 Å². The molecule has 0 radical (unpaired) electrons. The Balaban J connectivity index is 1.92. The molecule has 1 saturated heterocycles. The minimum Gasteiger partial charge on any atom is -0.274 e. The summed E-state index contributed by atoms with van der Waals surface area (Å²) in [7, 11) is 0. The maximum absolute atomic E-state index is 12.6. The van der Waals surface area contributed by atoms with Crippen LogP contribution in [0.15, 0.2) is 54.6 Å². The highest BCUT2D eigenvalue weighted by Crippen LogP contribution is 2.34. The second-order valence-electron chi connectivity index (χ2n) is 5.04. The third-order valence-electron chi connectivity index (χ3n) is 3.71. The molecule has 0 aromatic heterocycles. The average Bonchev–Trinajstić information content (AvgIpc) is 2.90. The van der Waals surface area contributed by atoms with Crippen molar-refractivity contribution in [2.24, 2.45) is 0 Å². The lowest BCUT2D eigenvalue weighted by atomic mass is 10.0. The Morgan fingerprint density at radius 1 is 1.05 bits per heavy atom. The molecular formula is C17H14ClNO2. The third kappa shape index (κ3) is 2.69. The van der Waals surface area contributed by atoms with Gasteiger partial charge in [-0.15, -0.1) is 0 Å². The molecule has 0 saturated carbocycles. The van der Waals surface area contributed by atoms with Crippen LogP contribution in [0.4, 0.5) is 0 Å². The summed E-state index contributed by atoms with van der Waals surface area (Å²) in [5.74, 6) is -0.383. The van der Waals surface area contributed by atoms with E-state index < -0.39 is 0 Å². The van der Waals surface area contributed by atoms with Crippen molar-refractivity contribution in [1.29, 1.82) is 0 Å². The summed E-state index contributed by atoms with van der Waals surface area (Å²) in [6.07, 6.45) is 1.07. The van der Waals surface area contributed by atoms with Gasteiger partial charge in [0.1, 0.15) is 0 Å². The summed E-state index contributed by atoms with van der Waals surface area (Å²) in [6, 6.07) is 16.1. The second-order valence-corrected chi connectivity index (χ2v) is 5.48. The molecule has 3 nitrogen and oxygen atoms in total. The number of amides is 2. The average molecular weight is 300 g/mol. The minimum atomic E-state index is -0.261. The van der Waals surface area contributed by atoms with Crippen molar-refractivity contribution in [3.63, 3.8) is 0 Å². The molecule has 0 bridgehead atoms. The molecule has 2 aromatic carbocycles. The van der Waals surface area contributed by atoms with Gasteiger partial charge in [-0.05, 0) is 36.2 Å². The number of hydrogen-bond acceptors (Lipinski definition) is 2. The van der Waals surface area contributed by atoms with E-state index in [0.717, 1.165) is 5.56 Å². The lowest BCUT2D eigenvalue weighted by molar-refractivity contribution is -0.126. The van der Waals surface area contributed by atoms with Crippen molar-refractivity contribution >= 4 is 23.4 Å². The van der Waals surface area contributed by atoms with Crippen molar-refractivity contribution < 1.29 is 9.59 Å². The van der Waals surface area contributed by atoms with E-state index in [9.17, 15) is 9.59 Å². The van der Waals surface area contributed by atoms with Gasteiger partial charge in [0.25, 0.3) is 5.91 Å². The van der Waals surface area contributed by atoms with E-state index in [1.807, 2.05) is 30.3 Å². The Hall–Kier alpha value is -2.13. The molecule has 3 rings (SSSR count). The van der Waals surface area contributed by atoms with Crippen molar-refractivity contribution in [2.45, 2.75) is 18.9 Å². The van der Waals surface area contributed by atoms with Crippen LogP contribution < -0.4 is 0 Å². The lowest BCUT2D eigenvalue weighted by Gasteiger charge is -2.23. The second kappa shape index (κ2) is 5.70. The summed E-state index contributed by atoms with van der Waals surface area (Å²) in [5, 5.41) is 0.568. The Morgan fingerprint density at radius 2 is 1.71 bits per heavy atom. The quantitative estimate of drug-likeness (QED) is 0.790. The molecule has 106 valence electrons. The fraction of sp³-hybridized carbons (Fsp3) is 0.176. The first-order valence-electron chi connectivity index (χ1n) is 6.84. The van der Waals surface area contributed by atoms with Gasteiger partial charge in [0.15, 0.2) is 0 Å². The van der Waals surface area contributed by atoms with Gasteiger partial charge in [-0.1, -0.05) is 41.9 Å². The number of rotatable bonds is 2. The normalized spacial score (nSPS) is 18.0. The smallest absolute Gasteiger partial charge is 0.261 e. The maximum Gasteiger partial charge on any atom is 0.261 e. The van der Waals surface area contributed by atoms with Crippen LogP contribution in [0.3, 0.4) is 0 Å². The number of carbonyl (C=O) groups excluding carboxylic acids is 2. The van der Waals surface area contributed by atoms with Gasteiger partial charge in [-0.2, -0.15) is 0 Å². The predicted molar refractivity (Wildman–Crippen MR) is 81.0 cm³/mol. The Morgan fingerprint density at radius 3 is 2.38 bits per heavy atom. The van der Waals surface area contributed by atoms with Crippen molar-refractivity contribution in [3.05, 3.63) is 70.7 Å². The van der Waals surface area contributed by atoms with E-state index in [1.165, 1.54) is 4.90 Å². The Kier molecular flexibility index (Phi) is 3.76. The van der Waals surface area contributed by atoms with Gasteiger partial charge in [-0.25, -0.2) is 0 Å². The van der Waals surface area contributed by atoms with E-state index >= 15 is 0 Å². The molecule has 1 aliphatic rings. The van der Waals surface area contributed by atoms with Crippen LogP contribution in [0.2, 0.25) is 5.02 Å². The van der Waals surface area contributed by atoms with Crippen LogP contribution in [0.5, 0.6) is 0 Å². The number of imide groups is 1. The molecule has 1 fully saturated rings. The van der Waals surface area contributed by atoms with Crippen LogP contribution in [0.25, 0.3) is 0 Å². The number of carbonyl (C=O) groups is 2. The monoisotopic (exact) mass is 299 g/mol. The highest BCUT2D eigenvalue weighted by Gasteiger charge is 2.36. The number of halogens is 1. The largest absolute Gasteiger partial charge is 0.274 e. The summed E-state index contributed by atoms with van der Waals surface area (Å²) >= 11 is 5.84. The van der Waals surface area contributed by atoms with E-state index in [0.29, 0.717) is 23.4 Å². The first-order chi connectivity index (χ1) is 10.2. The van der Waals surface area contributed by atoms with Crippen molar-refractivity contribution in [1.82, 2.24) is 4.90 Å². The zero-order valence-electron chi connectivity index (χ0n) is 11.3. The van der Waals surface area contributed by atoms with E-state index in [1.54, 1.807) is 24.3 Å². The van der Waals surface area contributed by atoms with Crippen LogP contribution in [0.1, 0.15) is 34.8 Å². The van der Waals surface area contributed by atoms with Gasteiger partial charge < -0.3 is 0 Å². The number of benzene rings is 2. The molecule has 4 heteroatoms. The van der Waals surface area contributed by atoms with E-state index in [-0.39, 0.29) is 17.9 Å². The molecule has 0 N–H and O–H groups in total. The third-order valence-corrected chi connectivity index (χ3v) is 3.96. The van der Waals surface area contributed by atoms with Gasteiger partial charge in [0.2, 0.25) is 5.91 Å². The number of likely N-dealkylation sites (tertiary alicyclic amines) is 1.